The van der Waals surface area contributed by atoms with Gasteiger partial charge in [-0.25, -0.2) is 0 Å². The van der Waals surface area contributed by atoms with Gasteiger partial charge in [0.1, 0.15) is 18.0 Å². The summed E-state index contributed by atoms with van der Waals surface area (Å²) in [7, 11) is -1.87. The molecule has 4 heteroatoms. The van der Waals surface area contributed by atoms with Gasteiger partial charge in [0, 0.05) is 5.56 Å². The summed E-state index contributed by atoms with van der Waals surface area (Å²) in [5.74, 6) is 0.910. The van der Waals surface area contributed by atoms with Crippen molar-refractivity contribution in [1.29, 1.82) is 0 Å². The minimum atomic E-state index is -1.87. The van der Waals surface area contributed by atoms with Crippen LogP contribution in [-0.4, -0.2) is 8.32 Å². The van der Waals surface area contributed by atoms with E-state index in [0.717, 1.165) is 22.4 Å². The minimum Gasteiger partial charge on any atom is -0.544 e. The summed E-state index contributed by atoms with van der Waals surface area (Å²) in [6.45, 7) is 11.3. The van der Waals surface area contributed by atoms with Crippen LogP contribution in [0.15, 0.2) is 84.9 Å². The van der Waals surface area contributed by atoms with Crippen LogP contribution in [0.25, 0.3) is 0 Å². The highest BCUT2D eigenvalue weighted by molar-refractivity contribution is 6.74. The van der Waals surface area contributed by atoms with E-state index < -0.39 is 14.6 Å². The third-order valence-electron chi connectivity index (χ3n) is 6.40. The zero-order valence-corrected chi connectivity index (χ0v) is 20.0. The van der Waals surface area contributed by atoms with Crippen LogP contribution in [0.5, 0.6) is 5.75 Å². The van der Waals surface area contributed by atoms with E-state index in [9.17, 15) is 0 Å². The Balaban J connectivity index is 1.56. The van der Waals surface area contributed by atoms with Gasteiger partial charge < -0.3 is 13.9 Å². The molecule has 1 fully saturated rings. The molecular formula is C27H32O3Si. The normalized spacial score (nSPS) is 21.8. The maximum absolute atomic E-state index is 6.44. The van der Waals surface area contributed by atoms with Crippen molar-refractivity contribution in [3.63, 3.8) is 0 Å². The molecular weight excluding hydrogens is 400 g/mol. The molecule has 1 aliphatic rings. The van der Waals surface area contributed by atoms with Crippen LogP contribution in [0.3, 0.4) is 0 Å². The SMILES string of the molecule is CC(C)(C)[Si](C)(C)Oc1ccc(C2O[C@H](c3ccccc3)[C@H](c3ccccc3)O2)cc1. The second-order valence-corrected chi connectivity index (χ2v) is 14.4. The fourth-order valence-corrected chi connectivity index (χ4v) is 4.56. The van der Waals surface area contributed by atoms with Gasteiger partial charge >= 0.3 is 0 Å². The molecule has 3 nitrogen and oxygen atoms in total. The average Bonchev–Trinajstić information content (AvgIpc) is 3.20. The van der Waals surface area contributed by atoms with Gasteiger partial charge in [-0.05, 0) is 41.4 Å². The summed E-state index contributed by atoms with van der Waals surface area (Å²) >= 11 is 0. The molecule has 3 aromatic rings. The molecule has 0 spiro atoms. The van der Waals surface area contributed by atoms with Crippen LogP contribution in [0, 0.1) is 0 Å². The first kappa shape index (κ1) is 21.8. The fraction of sp³-hybridized carbons (Fsp3) is 0.333. The highest BCUT2D eigenvalue weighted by atomic mass is 28.4. The van der Waals surface area contributed by atoms with Gasteiger partial charge in [0.2, 0.25) is 8.32 Å². The van der Waals surface area contributed by atoms with Crippen molar-refractivity contribution in [2.24, 2.45) is 0 Å². The predicted molar refractivity (Wildman–Crippen MR) is 128 cm³/mol. The van der Waals surface area contributed by atoms with Crippen molar-refractivity contribution in [1.82, 2.24) is 0 Å². The van der Waals surface area contributed by atoms with Gasteiger partial charge in [-0.2, -0.15) is 0 Å². The molecule has 0 saturated carbocycles. The van der Waals surface area contributed by atoms with Crippen LogP contribution >= 0.6 is 0 Å². The van der Waals surface area contributed by atoms with E-state index in [2.05, 4.69) is 70.3 Å². The summed E-state index contributed by atoms with van der Waals surface area (Å²) in [5, 5.41) is 0.162. The van der Waals surface area contributed by atoms with Crippen LogP contribution in [-0.2, 0) is 9.47 Å². The van der Waals surface area contributed by atoms with E-state index in [0.29, 0.717) is 0 Å². The van der Waals surface area contributed by atoms with Crippen molar-refractivity contribution in [2.45, 2.75) is 57.4 Å². The van der Waals surface area contributed by atoms with Gasteiger partial charge in [-0.3, -0.25) is 0 Å². The van der Waals surface area contributed by atoms with Crippen LogP contribution in [0.1, 0.15) is 56.0 Å². The summed E-state index contributed by atoms with van der Waals surface area (Å²) in [6, 6.07) is 28.8. The van der Waals surface area contributed by atoms with Crippen LogP contribution in [0.4, 0.5) is 0 Å². The first-order valence-corrected chi connectivity index (χ1v) is 13.9. The molecule has 1 heterocycles. The molecule has 0 bridgehead atoms. The van der Waals surface area contributed by atoms with Crippen LogP contribution in [0.2, 0.25) is 18.1 Å². The quantitative estimate of drug-likeness (QED) is 0.389. The van der Waals surface area contributed by atoms with E-state index in [1.807, 2.05) is 48.5 Å². The summed E-state index contributed by atoms with van der Waals surface area (Å²) in [6.07, 6.45) is -0.731. The average molecular weight is 433 g/mol. The summed E-state index contributed by atoms with van der Waals surface area (Å²) < 4.78 is 19.3. The lowest BCUT2D eigenvalue weighted by molar-refractivity contribution is -0.0698. The van der Waals surface area contributed by atoms with E-state index >= 15 is 0 Å². The maximum atomic E-state index is 6.44. The monoisotopic (exact) mass is 432 g/mol. The summed E-state index contributed by atoms with van der Waals surface area (Å²) in [4.78, 5) is 0. The topological polar surface area (TPSA) is 27.7 Å². The second-order valence-electron chi connectivity index (χ2n) is 9.70. The molecule has 31 heavy (non-hydrogen) atoms. The van der Waals surface area contributed by atoms with Gasteiger partial charge in [-0.1, -0.05) is 93.6 Å². The molecule has 0 aromatic heterocycles. The Morgan fingerprint density at radius 3 is 1.52 bits per heavy atom. The second kappa shape index (κ2) is 8.62. The smallest absolute Gasteiger partial charge is 0.250 e. The lowest BCUT2D eigenvalue weighted by Crippen LogP contribution is -2.43. The minimum absolute atomic E-state index is 0.156. The predicted octanol–water partition coefficient (Wildman–Crippen LogP) is 7.60. The number of rotatable bonds is 5. The van der Waals surface area contributed by atoms with Gasteiger partial charge in [0.15, 0.2) is 6.29 Å². The first-order chi connectivity index (χ1) is 14.7. The molecule has 162 valence electrons. The van der Waals surface area contributed by atoms with Gasteiger partial charge in [-0.15, -0.1) is 0 Å². The highest BCUT2D eigenvalue weighted by Crippen LogP contribution is 2.48. The zero-order chi connectivity index (χ0) is 22.1. The molecule has 0 radical (unpaired) electrons. The molecule has 1 aliphatic heterocycles. The Morgan fingerprint density at radius 1 is 0.645 bits per heavy atom. The number of ether oxygens (including phenoxy) is 2. The lowest BCUT2D eigenvalue weighted by Gasteiger charge is -2.36. The van der Waals surface area contributed by atoms with E-state index in [-0.39, 0.29) is 17.2 Å². The Hall–Kier alpha value is -2.40. The zero-order valence-electron chi connectivity index (χ0n) is 19.0. The first-order valence-electron chi connectivity index (χ1n) is 10.9. The highest BCUT2D eigenvalue weighted by Gasteiger charge is 2.40. The van der Waals surface area contributed by atoms with E-state index in [1.165, 1.54) is 0 Å². The molecule has 0 aliphatic carbocycles. The maximum Gasteiger partial charge on any atom is 0.250 e. The van der Waals surface area contributed by atoms with Crippen molar-refractivity contribution < 1.29 is 13.9 Å². The van der Waals surface area contributed by atoms with Crippen molar-refractivity contribution in [2.75, 3.05) is 0 Å². The number of hydrogen-bond acceptors (Lipinski definition) is 3. The third-order valence-corrected chi connectivity index (χ3v) is 10.8. The molecule has 4 rings (SSSR count). The van der Waals surface area contributed by atoms with Crippen LogP contribution < -0.4 is 4.43 Å². The fourth-order valence-electron chi connectivity index (χ4n) is 3.53. The largest absolute Gasteiger partial charge is 0.544 e. The lowest BCUT2D eigenvalue weighted by atomic mass is 9.99. The Labute approximate surface area is 187 Å². The molecule has 3 aromatic carbocycles. The van der Waals surface area contributed by atoms with Crippen molar-refractivity contribution >= 4 is 8.32 Å². The Morgan fingerprint density at radius 2 is 1.10 bits per heavy atom. The van der Waals surface area contributed by atoms with Crippen molar-refractivity contribution in [3.8, 4) is 5.75 Å². The molecule has 1 unspecified atom stereocenters. The van der Waals surface area contributed by atoms with E-state index in [1.54, 1.807) is 0 Å². The Bertz CT molecular complexity index is 931. The Kier molecular flexibility index (Phi) is 6.06. The van der Waals surface area contributed by atoms with E-state index in [4.69, 9.17) is 13.9 Å². The van der Waals surface area contributed by atoms with Gasteiger partial charge in [0.25, 0.3) is 0 Å². The molecule has 0 N–H and O–H groups in total. The molecule has 1 saturated heterocycles. The number of benzene rings is 3. The molecule has 0 amide bonds. The standard InChI is InChI=1S/C27H32O3Si/c1-27(2,3)31(4,5)30-23-18-16-22(17-19-23)26-28-24(20-12-8-6-9-13-20)25(29-26)21-14-10-7-11-15-21/h6-19,24-26H,1-5H3/t24-,25+,26?. The summed E-state index contributed by atoms with van der Waals surface area (Å²) in [5.41, 5.74) is 3.25. The van der Waals surface area contributed by atoms with Crippen molar-refractivity contribution in [3.05, 3.63) is 102 Å². The van der Waals surface area contributed by atoms with Gasteiger partial charge in [0.05, 0.1) is 0 Å². The molecule has 3 atom stereocenters. The third kappa shape index (κ3) is 4.77. The number of hydrogen-bond donors (Lipinski definition) is 0.